The zero-order valence-electron chi connectivity index (χ0n) is 12.4. The first-order valence-electron chi connectivity index (χ1n) is 7.06. The molecule has 116 valence electrons. The number of ether oxygens (including phenoxy) is 2. The number of thiophene rings is 1. The van der Waals surface area contributed by atoms with Crippen LogP contribution in [0.2, 0.25) is 0 Å². The van der Waals surface area contributed by atoms with Gasteiger partial charge in [-0.15, -0.1) is 11.3 Å². The van der Waals surface area contributed by atoms with Crippen molar-refractivity contribution >= 4 is 23.3 Å². The quantitative estimate of drug-likeness (QED) is 0.798. The molecule has 1 aliphatic carbocycles. The number of carbonyl (C=O) groups excluding carboxylic acids is 2. The van der Waals surface area contributed by atoms with Crippen LogP contribution in [0, 0.1) is 0 Å². The molecular formula is C16H17NO4S. The summed E-state index contributed by atoms with van der Waals surface area (Å²) in [5.41, 5.74) is 0.944. The Morgan fingerprint density at radius 3 is 2.14 bits per heavy atom. The van der Waals surface area contributed by atoms with Gasteiger partial charge in [0.25, 0.3) is 0 Å². The molecule has 1 aromatic heterocycles. The van der Waals surface area contributed by atoms with Crippen molar-refractivity contribution in [3.05, 3.63) is 45.9 Å². The van der Waals surface area contributed by atoms with Crippen LogP contribution in [0.15, 0.2) is 41.1 Å². The van der Waals surface area contributed by atoms with E-state index < -0.39 is 17.9 Å². The van der Waals surface area contributed by atoms with Gasteiger partial charge in [0.2, 0.25) is 0 Å². The molecule has 1 saturated carbocycles. The molecule has 0 aromatic carbocycles. The fourth-order valence-corrected chi connectivity index (χ4v) is 3.46. The van der Waals surface area contributed by atoms with Gasteiger partial charge in [-0.3, -0.25) is 0 Å². The molecule has 0 bridgehead atoms. The number of hydrogen-bond acceptors (Lipinski definition) is 6. The lowest BCUT2D eigenvalue weighted by atomic mass is 9.88. The van der Waals surface area contributed by atoms with Crippen molar-refractivity contribution in [3.8, 4) is 0 Å². The predicted octanol–water partition coefficient (Wildman–Crippen LogP) is 2.42. The number of rotatable bonds is 4. The van der Waals surface area contributed by atoms with Crippen molar-refractivity contribution in [3.63, 3.8) is 0 Å². The highest BCUT2D eigenvalue weighted by Gasteiger charge is 2.38. The Bertz CT molecular complexity index is 609. The van der Waals surface area contributed by atoms with E-state index in [0.29, 0.717) is 17.2 Å². The SMILES string of the molecule is COC(=O)C1=CN(C2CC2)C=C(C(=O)OC)C1c1cccs1. The average molecular weight is 319 g/mol. The highest BCUT2D eigenvalue weighted by Crippen LogP contribution is 2.41. The van der Waals surface area contributed by atoms with Crippen LogP contribution in [0.3, 0.4) is 0 Å². The predicted molar refractivity (Wildman–Crippen MR) is 82.1 cm³/mol. The molecular weight excluding hydrogens is 302 g/mol. The molecule has 0 atom stereocenters. The maximum Gasteiger partial charge on any atom is 0.336 e. The molecule has 1 aromatic rings. The van der Waals surface area contributed by atoms with Gasteiger partial charge in [0, 0.05) is 23.3 Å². The van der Waals surface area contributed by atoms with Crippen molar-refractivity contribution < 1.29 is 19.1 Å². The highest BCUT2D eigenvalue weighted by atomic mass is 32.1. The Hall–Kier alpha value is -2.08. The lowest BCUT2D eigenvalue weighted by molar-refractivity contribution is -0.137. The Balaban J connectivity index is 2.07. The second-order valence-electron chi connectivity index (χ2n) is 5.28. The summed E-state index contributed by atoms with van der Waals surface area (Å²) in [6.07, 6.45) is 5.72. The third-order valence-electron chi connectivity index (χ3n) is 3.84. The van der Waals surface area contributed by atoms with Crippen LogP contribution >= 0.6 is 11.3 Å². The smallest absolute Gasteiger partial charge is 0.336 e. The van der Waals surface area contributed by atoms with E-state index in [9.17, 15) is 9.59 Å². The van der Waals surface area contributed by atoms with Gasteiger partial charge < -0.3 is 14.4 Å². The van der Waals surface area contributed by atoms with Gasteiger partial charge in [-0.05, 0) is 24.3 Å². The third-order valence-corrected chi connectivity index (χ3v) is 4.77. The highest BCUT2D eigenvalue weighted by molar-refractivity contribution is 7.10. The Morgan fingerprint density at radius 2 is 1.73 bits per heavy atom. The average Bonchev–Trinajstić information content (AvgIpc) is 3.27. The maximum atomic E-state index is 12.2. The van der Waals surface area contributed by atoms with Crippen LogP contribution in [0.5, 0.6) is 0 Å². The molecule has 2 aliphatic rings. The van der Waals surface area contributed by atoms with Gasteiger partial charge in [-0.1, -0.05) is 6.07 Å². The molecule has 3 rings (SSSR count). The summed E-state index contributed by atoms with van der Waals surface area (Å²) in [6.45, 7) is 0. The first kappa shape index (κ1) is 14.8. The minimum absolute atomic E-state index is 0.351. The van der Waals surface area contributed by atoms with Crippen LogP contribution in [0.25, 0.3) is 0 Å². The summed E-state index contributed by atoms with van der Waals surface area (Å²) in [5.74, 6) is -1.27. The number of esters is 2. The second-order valence-corrected chi connectivity index (χ2v) is 6.26. The molecule has 0 spiro atoms. The first-order valence-corrected chi connectivity index (χ1v) is 7.94. The first-order chi connectivity index (χ1) is 10.7. The Labute approximate surface area is 132 Å². The molecule has 2 heterocycles. The van der Waals surface area contributed by atoms with E-state index in [-0.39, 0.29) is 0 Å². The largest absolute Gasteiger partial charge is 0.466 e. The monoisotopic (exact) mass is 319 g/mol. The van der Waals surface area contributed by atoms with E-state index in [1.54, 1.807) is 12.4 Å². The van der Waals surface area contributed by atoms with Crippen molar-refractivity contribution in [2.45, 2.75) is 24.8 Å². The number of carbonyl (C=O) groups is 2. The van der Waals surface area contributed by atoms with E-state index in [4.69, 9.17) is 9.47 Å². The van der Waals surface area contributed by atoms with E-state index in [0.717, 1.165) is 17.7 Å². The lowest BCUT2D eigenvalue weighted by Gasteiger charge is -2.29. The molecule has 0 amide bonds. The third kappa shape index (κ3) is 2.66. The fraction of sp³-hybridized carbons (Fsp3) is 0.375. The normalized spacial score (nSPS) is 18.5. The van der Waals surface area contributed by atoms with Crippen molar-refractivity contribution in [1.29, 1.82) is 0 Å². The summed E-state index contributed by atoms with van der Waals surface area (Å²) in [4.78, 5) is 27.3. The molecule has 1 fully saturated rings. The molecule has 0 N–H and O–H groups in total. The van der Waals surface area contributed by atoms with Gasteiger partial charge in [0.05, 0.1) is 31.3 Å². The van der Waals surface area contributed by atoms with Crippen LogP contribution in [0.1, 0.15) is 23.6 Å². The van der Waals surface area contributed by atoms with Crippen LogP contribution in [0.4, 0.5) is 0 Å². The van der Waals surface area contributed by atoms with Gasteiger partial charge >= 0.3 is 11.9 Å². The van der Waals surface area contributed by atoms with Crippen LogP contribution in [-0.4, -0.2) is 37.1 Å². The van der Waals surface area contributed by atoms with E-state index in [2.05, 4.69) is 0 Å². The van der Waals surface area contributed by atoms with Crippen LogP contribution < -0.4 is 0 Å². The molecule has 5 nitrogen and oxygen atoms in total. The Morgan fingerprint density at radius 1 is 1.14 bits per heavy atom. The molecule has 1 aliphatic heterocycles. The molecule has 0 saturated heterocycles. The Kier molecular flexibility index (Phi) is 4.02. The van der Waals surface area contributed by atoms with Gasteiger partial charge in [0.15, 0.2) is 0 Å². The van der Waals surface area contributed by atoms with Crippen molar-refractivity contribution in [1.82, 2.24) is 4.90 Å². The zero-order chi connectivity index (χ0) is 15.7. The maximum absolute atomic E-state index is 12.2. The van der Waals surface area contributed by atoms with Crippen molar-refractivity contribution in [2.75, 3.05) is 14.2 Å². The molecule has 0 unspecified atom stereocenters. The van der Waals surface area contributed by atoms with Gasteiger partial charge in [-0.25, -0.2) is 9.59 Å². The lowest BCUT2D eigenvalue weighted by Crippen LogP contribution is -2.29. The minimum Gasteiger partial charge on any atom is -0.466 e. The molecule has 22 heavy (non-hydrogen) atoms. The summed E-state index contributed by atoms with van der Waals surface area (Å²) in [5, 5.41) is 1.92. The van der Waals surface area contributed by atoms with Crippen LogP contribution in [-0.2, 0) is 19.1 Å². The summed E-state index contributed by atoms with van der Waals surface area (Å²) in [7, 11) is 2.71. The van der Waals surface area contributed by atoms with E-state index in [1.165, 1.54) is 25.6 Å². The number of nitrogens with zero attached hydrogens (tertiary/aromatic N) is 1. The second kappa shape index (κ2) is 5.96. The summed E-state index contributed by atoms with van der Waals surface area (Å²) >= 11 is 1.50. The number of methoxy groups -OCH3 is 2. The van der Waals surface area contributed by atoms with Gasteiger partial charge in [0.1, 0.15) is 0 Å². The molecule has 0 radical (unpaired) electrons. The minimum atomic E-state index is -0.435. The van der Waals surface area contributed by atoms with Crippen molar-refractivity contribution in [2.24, 2.45) is 0 Å². The standard InChI is InChI=1S/C16H17NO4S/c1-20-15(18)11-8-17(10-5-6-10)9-12(16(19)21-2)14(11)13-4-3-7-22-13/h3-4,7-10,14H,5-6H2,1-2H3. The molecule has 6 heteroatoms. The summed E-state index contributed by atoms with van der Waals surface area (Å²) < 4.78 is 9.84. The van der Waals surface area contributed by atoms with Gasteiger partial charge in [-0.2, -0.15) is 0 Å². The topological polar surface area (TPSA) is 55.8 Å². The summed E-state index contributed by atoms with van der Waals surface area (Å²) in [6, 6.07) is 4.16. The van der Waals surface area contributed by atoms with E-state index in [1.807, 2.05) is 22.4 Å². The fourth-order valence-electron chi connectivity index (χ4n) is 2.60. The zero-order valence-corrected chi connectivity index (χ0v) is 13.3. The number of hydrogen-bond donors (Lipinski definition) is 0. The van der Waals surface area contributed by atoms with E-state index >= 15 is 0 Å².